The molecule has 1 aliphatic heterocycles. The van der Waals surface area contributed by atoms with Crippen molar-refractivity contribution in [3.8, 4) is 0 Å². The fraction of sp³-hybridized carbons (Fsp3) is 1.00. The summed E-state index contributed by atoms with van der Waals surface area (Å²) in [4.78, 5) is 0. The van der Waals surface area contributed by atoms with Gasteiger partial charge in [-0.25, -0.2) is 8.78 Å². The summed E-state index contributed by atoms with van der Waals surface area (Å²) in [5.41, 5.74) is -0.299. The maximum atomic E-state index is 13.0. The highest BCUT2D eigenvalue weighted by Crippen LogP contribution is 2.40. The molecular formula is C8H15F2N. The summed E-state index contributed by atoms with van der Waals surface area (Å²) in [5.74, 6) is -3.03. The van der Waals surface area contributed by atoms with Gasteiger partial charge < -0.3 is 5.32 Å². The Labute approximate surface area is 66.2 Å². The molecule has 1 aliphatic rings. The van der Waals surface area contributed by atoms with Crippen LogP contribution in [0.3, 0.4) is 0 Å². The van der Waals surface area contributed by atoms with E-state index in [-0.39, 0.29) is 12.0 Å². The summed E-state index contributed by atoms with van der Waals surface area (Å²) < 4.78 is 26.1. The molecular weight excluding hydrogens is 148 g/mol. The standard InChI is InChI=1S/C8H15F2N/c1-7(2,3)6-4-11-5-8(6,9)10/h6,11H,4-5H2,1-3H3. The monoisotopic (exact) mass is 163 g/mol. The molecule has 0 saturated carbocycles. The molecule has 66 valence electrons. The van der Waals surface area contributed by atoms with Gasteiger partial charge in [-0.1, -0.05) is 20.8 Å². The van der Waals surface area contributed by atoms with E-state index in [1.165, 1.54) is 0 Å². The fourth-order valence-corrected chi connectivity index (χ4v) is 1.60. The Morgan fingerprint density at radius 2 is 1.91 bits per heavy atom. The van der Waals surface area contributed by atoms with E-state index in [0.29, 0.717) is 6.54 Å². The molecule has 1 saturated heterocycles. The molecule has 1 N–H and O–H groups in total. The van der Waals surface area contributed by atoms with Crippen LogP contribution in [-0.4, -0.2) is 19.0 Å². The lowest BCUT2D eigenvalue weighted by Gasteiger charge is -2.30. The second kappa shape index (κ2) is 2.41. The highest BCUT2D eigenvalue weighted by Gasteiger charge is 2.49. The number of halogens is 2. The lowest BCUT2D eigenvalue weighted by Crippen LogP contribution is -2.36. The highest BCUT2D eigenvalue weighted by atomic mass is 19.3. The van der Waals surface area contributed by atoms with Crippen molar-refractivity contribution in [3.05, 3.63) is 0 Å². The van der Waals surface area contributed by atoms with Crippen LogP contribution in [0.25, 0.3) is 0 Å². The molecule has 1 atom stereocenters. The van der Waals surface area contributed by atoms with Gasteiger partial charge in [-0.3, -0.25) is 0 Å². The molecule has 0 amide bonds. The van der Waals surface area contributed by atoms with E-state index in [9.17, 15) is 8.78 Å². The second-order valence-corrected chi connectivity index (χ2v) is 4.31. The van der Waals surface area contributed by atoms with Gasteiger partial charge in [-0.15, -0.1) is 0 Å². The van der Waals surface area contributed by atoms with Crippen LogP contribution in [0.4, 0.5) is 8.78 Å². The smallest absolute Gasteiger partial charge is 0.264 e. The minimum absolute atomic E-state index is 0.158. The van der Waals surface area contributed by atoms with E-state index < -0.39 is 11.8 Å². The Balaban J connectivity index is 2.73. The molecule has 0 spiro atoms. The molecule has 0 radical (unpaired) electrons. The van der Waals surface area contributed by atoms with Crippen molar-refractivity contribution in [2.45, 2.75) is 26.7 Å². The molecule has 0 aliphatic carbocycles. The van der Waals surface area contributed by atoms with Crippen molar-refractivity contribution in [1.82, 2.24) is 5.32 Å². The third-order valence-corrected chi connectivity index (χ3v) is 2.26. The zero-order valence-electron chi connectivity index (χ0n) is 7.25. The maximum Gasteiger partial charge on any atom is 0.264 e. The van der Waals surface area contributed by atoms with E-state index in [1.54, 1.807) is 0 Å². The second-order valence-electron chi connectivity index (χ2n) is 4.31. The quantitative estimate of drug-likeness (QED) is 0.575. The van der Waals surface area contributed by atoms with Gasteiger partial charge in [0.25, 0.3) is 5.92 Å². The largest absolute Gasteiger partial charge is 0.311 e. The number of alkyl halides is 2. The molecule has 11 heavy (non-hydrogen) atoms. The number of rotatable bonds is 0. The summed E-state index contributed by atoms with van der Waals surface area (Å²) >= 11 is 0. The number of nitrogens with one attached hydrogen (secondary N) is 1. The van der Waals surface area contributed by atoms with Crippen molar-refractivity contribution in [1.29, 1.82) is 0 Å². The van der Waals surface area contributed by atoms with Crippen molar-refractivity contribution in [3.63, 3.8) is 0 Å². The van der Waals surface area contributed by atoms with E-state index >= 15 is 0 Å². The molecule has 0 aromatic rings. The van der Waals surface area contributed by atoms with Crippen LogP contribution >= 0.6 is 0 Å². The number of hydrogen-bond donors (Lipinski definition) is 1. The van der Waals surface area contributed by atoms with Crippen molar-refractivity contribution < 1.29 is 8.78 Å². The Kier molecular flexibility index (Phi) is 1.95. The Morgan fingerprint density at radius 1 is 1.36 bits per heavy atom. The molecule has 1 unspecified atom stereocenters. The van der Waals surface area contributed by atoms with Gasteiger partial charge in [0.1, 0.15) is 0 Å². The average Bonchev–Trinajstić information content (AvgIpc) is 2.06. The summed E-state index contributed by atoms with van der Waals surface area (Å²) in [6.07, 6.45) is 0. The Bertz CT molecular complexity index is 149. The van der Waals surface area contributed by atoms with Gasteiger partial charge in [0.2, 0.25) is 0 Å². The molecule has 1 fully saturated rings. The van der Waals surface area contributed by atoms with Crippen LogP contribution in [0.2, 0.25) is 0 Å². The first-order chi connectivity index (χ1) is 4.84. The van der Waals surface area contributed by atoms with Crippen LogP contribution in [0.1, 0.15) is 20.8 Å². The van der Waals surface area contributed by atoms with Gasteiger partial charge in [0, 0.05) is 12.5 Å². The van der Waals surface area contributed by atoms with Gasteiger partial charge >= 0.3 is 0 Å². The van der Waals surface area contributed by atoms with Gasteiger partial charge in [-0.2, -0.15) is 0 Å². The van der Waals surface area contributed by atoms with Crippen LogP contribution in [-0.2, 0) is 0 Å². The van der Waals surface area contributed by atoms with Gasteiger partial charge in [0.15, 0.2) is 0 Å². The lowest BCUT2D eigenvalue weighted by atomic mass is 9.78. The molecule has 1 nitrogen and oxygen atoms in total. The van der Waals surface area contributed by atoms with Crippen molar-refractivity contribution in [2.24, 2.45) is 11.3 Å². The fourth-order valence-electron chi connectivity index (χ4n) is 1.60. The average molecular weight is 163 g/mol. The highest BCUT2D eigenvalue weighted by molar-refractivity contribution is 4.94. The normalized spacial score (nSPS) is 30.8. The number of hydrogen-bond acceptors (Lipinski definition) is 1. The van der Waals surface area contributed by atoms with E-state index in [1.807, 2.05) is 20.8 Å². The summed E-state index contributed by atoms with van der Waals surface area (Å²) in [6, 6.07) is 0. The predicted molar refractivity (Wildman–Crippen MR) is 40.8 cm³/mol. The molecule has 1 heterocycles. The predicted octanol–water partition coefficient (Wildman–Crippen LogP) is 1.89. The molecule has 0 aromatic carbocycles. The summed E-state index contributed by atoms with van der Waals surface area (Å²) in [6.45, 7) is 5.86. The van der Waals surface area contributed by atoms with Gasteiger partial charge in [0.05, 0.1) is 6.54 Å². The minimum atomic E-state index is -2.52. The van der Waals surface area contributed by atoms with Crippen LogP contribution < -0.4 is 5.32 Å². The third kappa shape index (κ3) is 1.70. The van der Waals surface area contributed by atoms with Crippen molar-refractivity contribution >= 4 is 0 Å². The molecule has 0 aromatic heterocycles. The zero-order chi connectivity index (χ0) is 8.70. The Hall–Kier alpha value is -0.180. The van der Waals surface area contributed by atoms with E-state index in [2.05, 4.69) is 5.32 Å². The minimum Gasteiger partial charge on any atom is -0.311 e. The van der Waals surface area contributed by atoms with Crippen molar-refractivity contribution in [2.75, 3.05) is 13.1 Å². The van der Waals surface area contributed by atoms with Crippen LogP contribution in [0.5, 0.6) is 0 Å². The van der Waals surface area contributed by atoms with Gasteiger partial charge in [-0.05, 0) is 5.41 Å². The SMILES string of the molecule is CC(C)(C)C1CNCC1(F)F. The third-order valence-electron chi connectivity index (χ3n) is 2.26. The summed E-state index contributed by atoms with van der Waals surface area (Å²) in [7, 11) is 0. The maximum absolute atomic E-state index is 13.0. The first kappa shape index (κ1) is 8.91. The topological polar surface area (TPSA) is 12.0 Å². The van der Waals surface area contributed by atoms with Crippen LogP contribution in [0, 0.1) is 11.3 Å². The van der Waals surface area contributed by atoms with Crippen LogP contribution in [0.15, 0.2) is 0 Å². The zero-order valence-corrected chi connectivity index (χ0v) is 7.25. The van der Waals surface area contributed by atoms with E-state index in [4.69, 9.17) is 0 Å². The summed E-state index contributed by atoms with van der Waals surface area (Å²) in [5, 5.41) is 2.72. The molecule has 1 rings (SSSR count). The first-order valence-corrected chi connectivity index (χ1v) is 3.92. The Morgan fingerprint density at radius 3 is 2.09 bits per heavy atom. The molecule has 3 heteroatoms. The first-order valence-electron chi connectivity index (χ1n) is 3.92. The van der Waals surface area contributed by atoms with E-state index in [0.717, 1.165) is 0 Å². The molecule has 0 bridgehead atoms. The lowest BCUT2D eigenvalue weighted by molar-refractivity contribution is -0.0603.